The summed E-state index contributed by atoms with van der Waals surface area (Å²) >= 11 is 0. The van der Waals surface area contributed by atoms with Gasteiger partial charge in [0.1, 0.15) is 0 Å². The third-order valence-electron chi connectivity index (χ3n) is 5.06. The number of nitrogens with two attached hydrogens (primary N) is 1. The van der Waals surface area contributed by atoms with Crippen LogP contribution in [0.15, 0.2) is 24.3 Å². The summed E-state index contributed by atoms with van der Waals surface area (Å²) in [6.07, 6.45) is 4.91. The van der Waals surface area contributed by atoms with Gasteiger partial charge in [0.15, 0.2) is 0 Å². The molecule has 2 N–H and O–H groups in total. The highest BCUT2D eigenvalue weighted by Gasteiger charge is 2.34. The Morgan fingerprint density at radius 3 is 2.26 bits per heavy atom. The SMILES string of the molecule is CC[C@H](N)c1ccc(N2CCC(CC)(CC)C2)cc1. The molecule has 1 heterocycles. The molecule has 0 radical (unpaired) electrons. The zero-order chi connectivity index (χ0) is 13.9. The molecule has 2 rings (SSSR count). The molecule has 2 nitrogen and oxygen atoms in total. The Morgan fingerprint density at radius 1 is 1.16 bits per heavy atom. The normalized spacial score (nSPS) is 19.7. The van der Waals surface area contributed by atoms with Crippen LogP contribution in [0.2, 0.25) is 0 Å². The van der Waals surface area contributed by atoms with Gasteiger partial charge in [-0.1, -0.05) is 32.9 Å². The van der Waals surface area contributed by atoms with Gasteiger partial charge in [-0.2, -0.15) is 0 Å². The number of nitrogens with zero attached hydrogens (tertiary/aromatic N) is 1. The van der Waals surface area contributed by atoms with Crippen molar-refractivity contribution in [2.75, 3.05) is 18.0 Å². The summed E-state index contributed by atoms with van der Waals surface area (Å²) < 4.78 is 0. The van der Waals surface area contributed by atoms with E-state index >= 15 is 0 Å². The molecule has 1 saturated heterocycles. The second-order valence-electron chi connectivity index (χ2n) is 5.98. The zero-order valence-electron chi connectivity index (χ0n) is 12.7. The lowest BCUT2D eigenvalue weighted by atomic mass is 9.82. The van der Waals surface area contributed by atoms with E-state index in [9.17, 15) is 0 Å². The van der Waals surface area contributed by atoms with Crippen LogP contribution < -0.4 is 10.6 Å². The van der Waals surface area contributed by atoms with Crippen LogP contribution in [0.1, 0.15) is 58.1 Å². The van der Waals surface area contributed by atoms with Crippen LogP contribution in [-0.4, -0.2) is 13.1 Å². The molecule has 0 aromatic heterocycles. The average Bonchev–Trinajstić information content (AvgIpc) is 2.92. The maximum atomic E-state index is 6.07. The first-order chi connectivity index (χ1) is 9.14. The zero-order valence-corrected chi connectivity index (χ0v) is 12.7. The summed E-state index contributed by atoms with van der Waals surface area (Å²) in [6, 6.07) is 9.05. The maximum absolute atomic E-state index is 6.07. The Labute approximate surface area is 118 Å². The third kappa shape index (κ3) is 2.94. The number of hydrogen-bond donors (Lipinski definition) is 1. The van der Waals surface area contributed by atoms with Crippen LogP contribution >= 0.6 is 0 Å². The summed E-state index contributed by atoms with van der Waals surface area (Å²) in [5.41, 5.74) is 9.22. The number of hydrogen-bond acceptors (Lipinski definition) is 2. The molecule has 0 aliphatic carbocycles. The van der Waals surface area contributed by atoms with Crippen LogP contribution in [-0.2, 0) is 0 Å². The Balaban J connectivity index is 2.08. The molecule has 0 unspecified atom stereocenters. The highest BCUT2D eigenvalue weighted by molar-refractivity contribution is 5.49. The number of benzene rings is 1. The van der Waals surface area contributed by atoms with E-state index in [4.69, 9.17) is 5.73 Å². The third-order valence-corrected chi connectivity index (χ3v) is 5.06. The predicted octanol–water partition coefficient (Wildman–Crippen LogP) is 4.11. The first-order valence-corrected chi connectivity index (χ1v) is 7.74. The summed E-state index contributed by atoms with van der Waals surface area (Å²) in [6.45, 7) is 9.20. The van der Waals surface area contributed by atoms with Gasteiger partial charge >= 0.3 is 0 Å². The highest BCUT2D eigenvalue weighted by atomic mass is 15.2. The molecule has 0 bridgehead atoms. The second-order valence-corrected chi connectivity index (χ2v) is 5.98. The highest BCUT2D eigenvalue weighted by Crippen LogP contribution is 2.39. The fourth-order valence-electron chi connectivity index (χ4n) is 3.15. The fraction of sp³-hybridized carbons (Fsp3) is 0.647. The van der Waals surface area contributed by atoms with Crippen LogP contribution in [0.5, 0.6) is 0 Å². The molecule has 2 heteroatoms. The lowest BCUT2D eigenvalue weighted by molar-refractivity contribution is 0.301. The monoisotopic (exact) mass is 260 g/mol. The van der Waals surface area contributed by atoms with Crippen molar-refractivity contribution in [3.05, 3.63) is 29.8 Å². The Kier molecular flexibility index (Phi) is 4.51. The molecule has 1 aliphatic heterocycles. The van der Waals surface area contributed by atoms with Gasteiger partial charge in [-0.05, 0) is 48.8 Å². The lowest BCUT2D eigenvalue weighted by Gasteiger charge is -2.27. The van der Waals surface area contributed by atoms with Gasteiger partial charge < -0.3 is 10.6 Å². The van der Waals surface area contributed by atoms with E-state index in [-0.39, 0.29) is 6.04 Å². The Bertz CT molecular complexity index is 392. The Hall–Kier alpha value is -1.02. The minimum Gasteiger partial charge on any atom is -0.371 e. The summed E-state index contributed by atoms with van der Waals surface area (Å²) in [7, 11) is 0. The molecule has 1 atom stereocenters. The largest absolute Gasteiger partial charge is 0.371 e. The smallest absolute Gasteiger partial charge is 0.0366 e. The fourth-order valence-corrected chi connectivity index (χ4v) is 3.15. The van der Waals surface area contributed by atoms with E-state index in [1.807, 2.05) is 0 Å². The van der Waals surface area contributed by atoms with Crippen molar-refractivity contribution >= 4 is 5.69 Å². The molecule has 1 aliphatic rings. The molecule has 0 saturated carbocycles. The van der Waals surface area contributed by atoms with Gasteiger partial charge in [0.05, 0.1) is 0 Å². The molecule has 1 fully saturated rings. The lowest BCUT2D eigenvalue weighted by Crippen LogP contribution is -2.26. The number of rotatable bonds is 5. The quantitative estimate of drug-likeness (QED) is 0.863. The van der Waals surface area contributed by atoms with Gasteiger partial charge in [0, 0.05) is 24.8 Å². The summed E-state index contributed by atoms with van der Waals surface area (Å²) in [5.74, 6) is 0. The van der Waals surface area contributed by atoms with E-state index in [1.165, 1.54) is 43.6 Å². The van der Waals surface area contributed by atoms with E-state index in [0.717, 1.165) is 6.42 Å². The Morgan fingerprint density at radius 2 is 1.79 bits per heavy atom. The molecular weight excluding hydrogens is 232 g/mol. The van der Waals surface area contributed by atoms with Crippen molar-refractivity contribution in [2.24, 2.45) is 11.1 Å². The predicted molar refractivity (Wildman–Crippen MR) is 83.5 cm³/mol. The van der Waals surface area contributed by atoms with Crippen molar-refractivity contribution in [2.45, 2.75) is 52.5 Å². The van der Waals surface area contributed by atoms with E-state index in [0.29, 0.717) is 5.41 Å². The van der Waals surface area contributed by atoms with Crippen LogP contribution in [0.25, 0.3) is 0 Å². The summed E-state index contributed by atoms with van der Waals surface area (Å²) in [5, 5.41) is 0. The van der Waals surface area contributed by atoms with Crippen LogP contribution in [0.4, 0.5) is 5.69 Å². The number of anilines is 1. The molecule has 0 spiro atoms. The van der Waals surface area contributed by atoms with Crippen molar-refractivity contribution in [3.63, 3.8) is 0 Å². The molecule has 1 aromatic rings. The van der Waals surface area contributed by atoms with Gasteiger partial charge in [-0.15, -0.1) is 0 Å². The summed E-state index contributed by atoms with van der Waals surface area (Å²) in [4.78, 5) is 2.54. The van der Waals surface area contributed by atoms with Crippen molar-refractivity contribution in [3.8, 4) is 0 Å². The molecule has 19 heavy (non-hydrogen) atoms. The van der Waals surface area contributed by atoms with E-state index < -0.39 is 0 Å². The maximum Gasteiger partial charge on any atom is 0.0366 e. The van der Waals surface area contributed by atoms with Gasteiger partial charge in [-0.3, -0.25) is 0 Å². The minimum absolute atomic E-state index is 0.179. The van der Waals surface area contributed by atoms with Gasteiger partial charge in [-0.25, -0.2) is 0 Å². The topological polar surface area (TPSA) is 29.3 Å². The minimum atomic E-state index is 0.179. The molecule has 106 valence electrons. The molecule has 0 amide bonds. The second kappa shape index (κ2) is 5.96. The molecule has 1 aromatic carbocycles. The average molecular weight is 260 g/mol. The standard InChI is InChI=1S/C17H28N2/c1-4-16(18)14-7-9-15(10-8-14)19-12-11-17(5-2,6-3)13-19/h7-10,16H,4-6,11-13,18H2,1-3H3/t16-/m0/s1. The van der Waals surface area contributed by atoms with Gasteiger partial charge in [0.25, 0.3) is 0 Å². The van der Waals surface area contributed by atoms with Crippen molar-refractivity contribution in [1.29, 1.82) is 0 Å². The van der Waals surface area contributed by atoms with Crippen LogP contribution in [0, 0.1) is 5.41 Å². The first-order valence-electron chi connectivity index (χ1n) is 7.74. The van der Waals surface area contributed by atoms with Crippen LogP contribution in [0.3, 0.4) is 0 Å². The van der Waals surface area contributed by atoms with E-state index in [1.54, 1.807) is 0 Å². The first kappa shape index (κ1) is 14.4. The molecular formula is C17H28N2. The van der Waals surface area contributed by atoms with Crippen molar-refractivity contribution < 1.29 is 0 Å². The van der Waals surface area contributed by atoms with Gasteiger partial charge in [0.2, 0.25) is 0 Å². The van der Waals surface area contributed by atoms with E-state index in [2.05, 4.69) is 49.9 Å². The van der Waals surface area contributed by atoms with Crippen molar-refractivity contribution in [1.82, 2.24) is 0 Å².